The van der Waals surface area contributed by atoms with Gasteiger partial charge in [0.05, 0.1) is 33.7 Å². The standard InChI is InChI=1S/C39H25N3O12S2/c1-53-25-10-14-32-31(18-25)28-11-12-29-34-30(13-15-33(54-32)35(28)34)37(44)42(36(29)43)24-16-26(55(49,50)40-22-6-2-20(3-7-22)38(45)46)19-27(17-24)56(51,52)41-23-8-4-21(5-9-23)39(47)48/h2-19,40-41H,1H3,(H,45,46)(H,47,48). The number of ether oxygens (including phenoxy) is 1. The van der Waals surface area contributed by atoms with Crippen LogP contribution in [0.5, 0.6) is 5.75 Å². The summed E-state index contributed by atoms with van der Waals surface area (Å²) >= 11 is 0. The van der Waals surface area contributed by atoms with E-state index in [1.165, 1.54) is 43.5 Å². The van der Waals surface area contributed by atoms with Gasteiger partial charge in [-0.25, -0.2) is 31.0 Å². The molecule has 8 aromatic rings. The van der Waals surface area contributed by atoms with Gasteiger partial charge in [0.1, 0.15) is 16.9 Å². The molecule has 0 amide bonds. The van der Waals surface area contributed by atoms with E-state index < -0.39 is 58.6 Å². The second-order valence-corrected chi connectivity index (χ2v) is 15.9. The number of rotatable bonds is 10. The van der Waals surface area contributed by atoms with E-state index in [1.807, 2.05) is 0 Å². The van der Waals surface area contributed by atoms with E-state index in [-0.39, 0.29) is 38.7 Å². The molecule has 0 unspecified atom stereocenters. The van der Waals surface area contributed by atoms with Gasteiger partial charge in [-0.15, -0.1) is 0 Å². The number of benzene rings is 6. The second-order valence-electron chi connectivity index (χ2n) is 12.6. The molecule has 15 nitrogen and oxygen atoms in total. The fraction of sp³-hybridized carbons (Fsp3) is 0.0256. The summed E-state index contributed by atoms with van der Waals surface area (Å²) in [7, 11) is -7.86. The van der Waals surface area contributed by atoms with Crippen LogP contribution in [0.3, 0.4) is 0 Å². The van der Waals surface area contributed by atoms with Crippen LogP contribution in [0, 0.1) is 0 Å². The molecule has 0 aliphatic carbocycles. The van der Waals surface area contributed by atoms with Crippen molar-refractivity contribution in [1.82, 2.24) is 4.57 Å². The van der Waals surface area contributed by atoms with Crippen LogP contribution < -0.4 is 25.3 Å². The normalized spacial score (nSPS) is 12.0. The number of carbonyl (C=O) groups is 2. The third-order valence-corrected chi connectivity index (χ3v) is 11.9. The Morgan fingerprint density at radius 1 is 0.589 bits per heavy atom. The number of anilines is 2. The maximum Gasteiger partial charge on any atom is 0.335 e. The molecule has 0 bridgehead atoms. The number of hydrogen-bond donors (Lipinski definition) is 4. The Bertz CT molecular complexity index is 3160. The van der Waals surface area contributed by atoms with Gasteiger partial charge < -0.3 is 19.4 Å². The first-order chi connectivity index (χ1) is 26.6. The summed E-state index contributed by atoms with van der Waals surface area (Å²) in [6.45, 7) is 0. The van der Waals surface area contributed by atoms with E-state index in [9.17, 15) is 46.2 Å². The van der Waals surface area contributed by atoms with Gasteiger partial charge in [0.15, 0.2) is 0 Å². The number of carboxylic acid groups (broad SMARTS) is 2. The number of hydrogen-bond acceptors (Lipinski definition) is 10. The van der Waals surface area contributed by atoms with E-state index in [4.69, 9.17) is 9.15 Å². The van der Waals surface area contributed by atoms with E-state index in [0.717, 1.165) is 42.5 Å². The zero-order chi connectivity index (χ0) is 39.7. The summed E-state index contributed by atoms with van der Waals surface area (Å²) in [5.74, 6) is -1.95. The van der Waals surface area contributed by atoms with Gasteiger partial charge in [-0.2, -0.15) is 0 Å². The van der Waals surface area contributed by atoms with Crippen molar-refractivity contribution in [2.24, 2.45) is 0 Å². The molecule has 0 aliphatic rings. The van der Waals surface area contributed by atoms with Crippen LogP contribution in [0.2, 0.25) is 0 Å². The molecule has 2 heterocycles. The van der Waals surface area contributed by atoms with Crippen molar-refractivity contribution in [1.29, 1.82) is 0 Å². The largest absolute Gasteiger partial charge is 0.497 e. The quantitative estimate of drug-likeness (QED) is 0.0945. The fourth-order valence-electron chi connectivity index (χ4n) is 6.54. The molecular weight excluding hydrogens is 767 g/mol. The van der Waals surface area contributed by atoms with E-state index in [0.29, 0.717) is 37.6 Å². The average Bonchev–Trinajstić information content (AvgIpc) is 3.17. The molecule has 0 saturated heterocycles. The van der Waals surface area contributed by atoms with Crippen LogP contribution in [-0.2, 0) is 20.0 Å². The SMILES string of the molecule is COc1ccc2oc3ccc4c(=O)n(-c5cc(S(=O)(=O)Nc6ccc(C(=O)O)cc6)cc(S(=O)(=O)Nc6ccc(C(=O)O)cc6)c5)c(=O)c5ccc(c2c1)c3c45. The van der Waals surface area contributed by atoms with Gasteiger partial charge in [-0.05, 0) is 109 Å². The summed E-state index contributed by atoms with van der Waals surface area (Å²) in [6, 6.07) is 23.6. The van der Waals surface area contributed by atoms with Gasteiger partial charge in [0, 0.05) is 38.3 Å². The number of nitrogens with zero attached hydrogens (tertiary/aromatic N) is 1. The van der Waals surface area contributed by atoms with Gasteiger partial charge in [0.2, 0.25) is 0 Å². The number of aromatic carboxylic acids is 2. The number of carboxylic acids is 2. The van der Waals surface area contributed by atoms with Crippen molar-refractivity contribution in [3.05, 3.63) is 141 Å². The zero-order valence-electron chi connectivity index (χ0n) is 28.6. The molecule has 0 radical (unpaired) electrons. The van der Waals surface area contributed by atoms with E-state index in [2.05, 4.69) is 9.44 Å². The average molecular weight is 792 g/mol. The third-order valence-electron chi connectivity index (χ3n) is 9.20. The smallest absolute Gasteiger partial charge is 0.335 e. The van der Waals surface area contributed by atoms with Crippen molar-refractivity contribution in [3.63, 3.8) is 0 Å². The minimum atomic E-state index is -4.69. The molecule has 0 spiro atoms. The third kappa shape index (κ3) is 6.00. The van der Waals surface area contributed by atoms with E-state index in [1.54, 1.807) is 30.3 Å². The predicted octanol–water partition coefficient (Wildman–Crippen LogP) is 5.85. The van der Waals surface area contributed by atoms with Gasteiger partial charge in [-0.1, -0.05) is 6.07 Å². The van der Waals surface area contributed by atoms with Crippen molar-refractivity contribution in [2.45, 2.75) is 9.79 Å². The van der Waals surface area contributed by atoms with Gasteiger partial charge in [0.25, 0.3) is 31.2 Å². The monoisotopic (exact) mass is 791 g/mol. The lowest BCUT2D eigenvalue weighted by Gasteiger charge is -2.16. The molecule has 0 saturated carbocycles. The van der Waals surface area contributed by atoms with Crippen LogP contribution in [0.4, 0.5) is 11.4 Å². The molecule has 8 rings (SSSR count). The lowest BCUT2D eigenvalue weighted by Crippen LogP contribution is -2.32. The molecular formula is C39H25N3O12S2. The number of methoxy groups -OCH3 is 1. The minimum Gasteiger partial charge on any atom is -0.497 e. The van der Waals surface area contributed by atoms with E-state index >= 15 is 0 Å². The Hall–Kier alpha value is -7.24. The minimum absolute atomic E-state index is 0.0566. The highest BCUT2D eigenvalue weighted by atomic mass is 32.2. The molecule has 2 aromatic heterocycles. The Labute approximate surface area is 315 Å². The lowest BCUT2D eigenvalue weighted by atomic mass is 9.96. The Morgan fingerprint density at radius 3 is 1.57 bits per heavy atom. The summed E-state index contributed by atoms with van der Waals surface area (Å²) in [4.78, 5) is 50.1. The van der Waals surface area contributed by atoms with Crippen LogP contribution in [-0.4, -0.2) is 50.7 Å². The maximum atomic E-state index is 14.4. The molecule has 280 valence electrons. The molecule has 56 heavy (non-hydrogen) atoms. The topological polar surface area (TPSA) is 228 Å². The summed E-state index contributed by atoms with van der Waals surface area (Å²) < 4.78 is 72.2. The van der Waals surface area contributed by atoms with Crippen LogP contribution >= 0.6 is 0 Å². The highest BCUT2D eigenvalue weighted by Crippen LogP contribution is 2.38. The highest BCUT2D eigenvalue weighted by Gasteiger charge is 2.26. The van der Waals surface area contributed by atoms with Crippen LogP contribution in [0.15, 0.2) is 133 Å². The molecule has 0 aliphatic heterocycles. The maximum absolute atomic E-state index is 14.4. The molecule has 4 N–H and O–H groups in total. The molecule has 17 heteroatoms. The Balaban J connectivity index is 1.34. The first-order valence-electron chi connectivity index (χ1n) is 16.4. The van der Waals surface area contributed by atoms with Crippen molar-refractivity contribution in [2.75, 3.05) is 16.6 Å². The second kappa shape index (κ2) is 13.0. The number of sulfonamides is 2. The number of fused-ring (bicyclic) bond motifs is 2. The van der Waals surface area contributed by atoms with Crippen molar-refractivity contribution in [3.8, 4) is 11.4 Å². The number of nitrogens with one attached hydrogen (secondary N) is 2. The van der Waals surface area contributed by atoms with Crippen molar-refractivity contribution >= 4 is 86.8 Å². The Kier molecular flexibility index (Phi) is 8.28. The van der Waals surface area contributed by atoms with Crippen LogP contribution in [0.25, 0.3) is 49.2 Å². The summed E-state index contributed by atoms with van der Waals surface area (Å²) in [5, 5.41) is 20.7. The zero-order valence-corrected chi connectivity index (χ0v) is 30.3. The molecule has 0 atom stereocenters. The lowest BCUT2D eigenvalue weighted by molar-refractivity contribution is 0.0686. The molecule has 0 fully saturated rings. The summed E-state index contributed by atoms with van der Waals surface area (Å²) in [5.41, 5.74) is -1.63. The van der Waals surface area contributed by atoms with Gasteiger partial charge in [-0.3, -0.25) is 19.0 Å². The highest BCUT2D eigenvalue weighted by molar-refractivity contribution is 7.93. The van der Waals surface area contributed by atoms with Gasteiger partial charge >= 0.3 is 11.9 Å². The number of aromatic nitrogens is 1. The Morgan fingerprint density at radius 2 is 1.07 bits per heavy atom. The first-order valence-corrected chi connectivity index (χ1v) is 19.3. The fourth-order valence-corrected chi connectivity index (χ4v) is 8.86. The molecule has 6 aromatic carbocycles. The first kappa shape index (κ1) is 35.8. The predicted molar refractivity (Wildman–Crippen MR) is 207 cm³/mol. The summed E-state index contributed by atoms with van der Waals surface area (Å²) in [6.07, 6.45) is 0. The van der Waals surface area contributed by atoms with Crippen LogP contribution in [0.1, 0.15) is 20.7 Å². The van der Waals surface area contributed by atoms with Crippen molar-refractivity contribution < 1.29 is 45.8 Å². The number of pyridine rings is 1.